The molecule has 0 bridgehead atoms. The van der Waals surface area contributed by atoms with Crippen LogP contribution in [-0.4, -0.2) is 30.4 Å². The van der Waals surface area contributed by atoms with Gasteiger partial charge in [0.2, 0.25) is 0 Å². The quantitative estimate of drug-likeness (QED) is 0.649. The van der Waals surface area contributed by atoms with Gasteiger partial charge >= 0.3 is 0 Å². The minimum atomic E-state index is -3.40. The number of aromatic nitrogens is 1. The summed E-state index contributed by atoms with van der Waals surface area (Å²) in [5.41, 5.74) is 6.46. The monoisotopic (exact) mass is 428 g/mol. The van der Waals surface area contributed by atoms with Gasteiger partial charge in [0, 0.05) is 42.1 Å². The van der Waals surface area contributed by atoms with Gasteiger partial charge in [0.1, 0.15) is 5.75 Å². The fourth-order valence-corrected chi connectivity index (χ4v) is 4.37. The molecule has 3 N–H and O–H groups in total. The fourth-order valence-electron chi connectivity index (χ4n) is 3.73. The third-order valence-electron chi connectivity index (χ3n) is 5.43. The van der Waals surface area contributed by atoms with E-state index in [0.717, 1.165) is 6.26 Å². The van der Waals surface area contributed by atoms with Crippen molar-refractivity contribution < 1.29 is 13.5 Å². The molecule has 0 radical (unpaired) electrons. The van der Waals surface area contributed by atoms with Crippen LogP contribution in [0.3, 0.4) is 0 Å². The molecule has 0 aliphatic heterocycles. The van der Waals surface area contributed by atoms with Gasteiger partial charge in [0.05, 0.1) is 4.90 Å². The number of benzene rings is 2. The number of sulfone groups is 1. The molecule has 3 aromatic rings. The Morgan fingerprint density at radius 1 is 1.00 bits per heavy atom. The van der Waals surface area contributed by atoms with Crippen molar-refractivity contribution in [3.05, 3.63) is 59.0 Å². The Morgan fingerprint density at radius 2 is 1.63 bits per heavy atom. The van der Waals surface area contributed by atoms with Crippen molar-refractivity contribution in [1.29, 1.82) is 0 Å². The minimum Gasteiger partial charge on any atom is -0.507 e. The highest BCUT2D eigenvalue weighted by Crippen LogP contribution is 2.35. The Balaban J connectivity index is 0.000000310. The first-order valence-electron chi connectivity index (χ1n) is 10.1. The number of aromatic hydroxyl groups is 1. The Hall–Kier alpha value is -2.64. The van der Waals surface area contributed by atoms with Crippen molar-refractivity contribution in [3.63, 3.8) is 0 Å². The van der Waals surface area contributed by atoms with Crippen LogP contribution < -0.4 is 11.3 Å². The number of phenols is 1. The topological polar surface area (TPSA) is 102 Å². The average Bonchev–Trinajstić information content (AvgIpc) is 2.71. The minimum absolute atomic E-state index is 0.0406. The van der Waals surface area contributed by atoms with Crippen LogP contribution in [0.25, 0.3) is 21.9 Å². The molecular formula is C23H28N2O4S. The third-order valence-corrected chi connectivity index (χ3v) is 6.54. The Morgan fingerprint density at radius 3 is 2.20 bits per heavy atom. The molecular weight excluding hydrogens is 400 g/mol. The molecule has 7 heteroatoms. The lowest BCUT2D eigenvalue weighted by Gasteiger charge is -2.15. The molecule has 1 fully saturated rings. The molecule has 2 aromatic carbocycles. The van der Waals surface area contributed by atoms with Gasteiger partial charge in [-0.1, -0.05) is 37.5 Å². The Labute approximate surface area is 176 Å². The summed E-state index contributed by atoms with van der Waals surface area (Å²) < 4.78 is 25.0. The maximum absolute atomic E-state index is 12.2. The summed E-state index contributed by atoms with van der Waals surface area (Å²) in [6.07, 6.45) is 9.38. The largest absolute Gasteiger partial charge is 0.507 e. The second-order valence-electron chi connectivity index (χ2n) is 7.85. The van der Waals surface area contributed by atoms with Gasteiger partial charge in [-0.15, -0.1) is 0 Å². The first kappa shape index (κ1) is 22.1. The van der Waals surface area contributed by atoms with Crippen LogP contribution in [0.15, 0.2) is 58.4 Å². The summed E-state index contributed by atoms with van der Waals surface area (Å²) >= 11 is 0. The van der Waals surface area contributed by atoms with Crippen LogP contribution in [0.1, 0.15) is 32.1 Å². The fraction of sp³-hybridized carbons (Fsp3) is 0.348. The molecule has 160 valence electrons. The highest BCUT2D eigenvalue weighted by molar-refractivity contribution is 7.90. The van der Waals surface area contributed by atoms with Crippen molar-refractivity contribution in [2.45, 2.75) is 43.0 Å². The number of nitrogens with two attached hydrogens (primary N) is 1. The number of fused-ring (bicyclic) bond motifs is 1. The zero-order valence-electron chi connectivity index (χ0n) is 17.3. The average molecular weight is 429 g/mol. The molecule has 1 saturated carbocycles. The molecule has 0 unspecified atom stereocenters. The first-order valence-corrected chi connectivity index (χ1v) is 11.9. The Kier molecular flexibility index (Phi) is 6.63. The van der Waals surface area contributed by atoms with Crippen molar-refractivity contribution >= 4 is 20.6 Å². The molecule has 30 heavy (non-hydrogen) atoms. The number of aryl methyl sites for hydroxylation is 1. The van der Waals surface area contributed by atoms with Crippen molar-refractivity contribution in [3.8, 4) is 16.9 Å². The van der Waals surface area contributed by atoms with Crippen molar-refractivity contribution in [2.24, 2.45) is 12.8 Å². The third kappa shape index (κ3) is 4.91. The summed E-state index contributed by atoms with van der Waals surface area (Å²) in [5, 5.41) is 11.4. The zero-order chi connectivity index (χ0) is 21.9. The molecule has 1 aliphatic carbocycles. The molecule has 0 amide bonds. The SMILES string of the molecule is Cn1cc(-c2cc(S(C)(=O)=O)ccc2O)c2ccccc2c1=O.NC1CCCCC1. The molecule has 4 rings (SSSR count). The van der Waals surface area contributed by atoms with E-state index in [9.17, 15) is 18.3 Å². The van der Waals surface area contributed by atoms with E-state index in [2.05, 4.69) is 0 Å². The molecule has 0 atom stereocenters. The number of hydrogen-bond acceptors (Lipinski definition) is 5. The van der Waals surface area contributed by atoms with Crippen LogP contribution in [0, 0.1) is 0 Å². The summed E-state index contributed by atoms with van der Waals surface area (Å²) in [7, 11) is -1.78. The number of rotatable bonds is 2. The summed E-state index contributed by atoms with van der Waals surface area (Å²) in [6.45, 7) is 0. The number of phenolic OH excluding ortho intramolecular Hbond substituents is 1. The van der Waals surface area contributed by atoms with Gasteiger partial charge < -0.3 is 15.4 Å². The van der Waals surface area contributed by atoms with Gasteiger partial charge in [-0.2, -0.15) is 0 Å². The van der Waals surface area contributed by atoms with E-state index < -0.39 is 9.84 Å². The highest BCUT2D eigenvalue weighted by atomic mass is 32.2. The lowest BCUT2D eigenvalue weighted by Crippen LogP contribution is -2.22. The first-order chi connectivity index (χ1) is 14.2. The standard InChI is InChI=1S/C17H15NO4S.C6H13N/c1-18-10-15(12-5-3-4-6-13(12)17(18)20)14-9-11(23(2,21)22)7-8-16(14)19;7-6-4-2-1-3-5-6/h3-10,19H,1-2H3;6H,1-5,7H2. The van der Waals surface area contributed by atoms with Gasteiger partial charge in [-0.3, -0.25) is 4.79 Å². The van der Waals surface area contributed by atoms with E-state index in [1.54, 1.807) is 37.5 Å². The highest BCUT2D eigenvalue weighted by Gasteiger charge is 2.15. The molecule has 0 spiro atoms. The second kappa shape index (κ2) is 9.02. The van der Waals surface area contributed by atoms with Gasteiger partial charge in [0.15, 0.2) is 9.84 Å². The lowest BCUT2D eigenvalue weighted by molar-refractivity contribution is 0.441. The number of hydrogen-bond donors (Lipinski definition) is 2. The summed E-state index contributed by atoms with van der Waals surface area (Å²) in [4.78, 5) is 12.3. The molecule has 0 saturated heterocycles. The smallest absolute Gasteiger partial charge is 0.258 e. The van der Waals surface area contributed by atoms with Gasteiger partial charge in [-0.05, 0) is 42.5 Å². The van der Waals surface area contributed by atoms with Crippen LogP contribution >= 0.6 is 0 Å². The predicted molar refractivity (Wildman–Crippen MR) is 120 cm³/mol. The Bertz CT molecular complexity index is 1210. The second-order valence-corrected chi connectivity index (χ2v) is 9.87. The maximum atomic E-state index is 12.2. The number of pyridine rings is 1. The zero-order valence-corrected chi connectivity index (χ0v) is 18.2. The predicted octanol–water partition coefficient (Wildman–Crippen LogP) is 3.59. The molecule has 6 nitrogen and oxygen atoms in total. The van der Waals surface area contributed by atoms with E-state index in [-0.39, 0.29) is 16.2 Å². The van der Waals surface area contributed by atoms with E-state index in [4.69, 9.17) is 5.73 Å². The lowest BCUT2D eigenvalue weighted by atomic mass is 9.97. The van der Waals surface area contributed by atoms with E-state index in [0.29, 0.717) is 27.9 Å². The normalized spacial score (nSPS) is 14.9. The maximum Gasteiger partial charge on any atom is 0.258 e. The van der Waals surface area contributed by atoms with E-state index in [1.165, 1.54) is 54.9 Å². The van der Waals surface area contributed by atoms with Gasteiger partial charge in [0.25, 0.3) is 5.56 Å². The van der Waals surface area contributed by atoms with Crippen LogP contribution in [0.5, 0.6) is 5.75 Å². The van der Waals surface area contributed by atoms with E-state index >= 15 is 0 Å². The van der Waals surface area contributed by atoms with Crippen LogP contribution in [-0.2, 0) is 16.9 Å². The van der Waals surface area contributed by atoms with Crippen LogP contribution in [0.4, 0.5) is 0 Å². The van der Waals surface area contributed by atoms with Crippen molar-refractivity contribution in [2.75, 3.05) is 6.26 Å². The van der Waals surface area contributed by atoms with Gasteiger partial charge in [-0.25, -0.2) is 8.42 Å². The van der Waals surface area contributed by atoms with Crippen LogP contribution in [0.2, 0.25) is 0 Å². The molecule has 1 aliphatic rings. The summed E-state index contributed by atoms with van der Waals surface area (Å²) in [5.74, 6) is -0.0406. The van der Waals surface area contributed by atoms with E-state index in [1.807, 2.05) is 0 Å². The molecule has 1 heterocycles. The van der Waals surface area contributed by atoms with Crippen molar-refractivity contribution in [1.82, 2.24) is 4.57 Å². The number of nitrogens with zero attached hydrogens (tertiary/aromatic N) is 1. The molecule has 1 aromatic heterocycles. The summed E-state index contributed by atoms with van der Waals surface area (Å²) in [6, 6.07) is 11.7.